The van der Waals surface area contributed by atoms with Crippen molar-refractivity contribution in [1.82, 2.24) is 4.57 Å². The molecule has 0 aliphatic carbocycles. The van der Waals surface area contributed by atoms with Crippen LogP contribution in [0, 0.1) is 0 Å². The molecule has 25 heavy (non-hydrogen) atoms. The van der Waals surface area contributed by atoms with E-state index in [-0.39, 0.29) is 5.78 Å². The van der Waals surface area contributed by atoms with Crippen LogP contribution >= 0.6 is 11.8 Å². The number of aryl methyl sites for hydroxylation is 1. The Labute approximate surface area is 152 Å². The zero-order valence-electron chi connectivity index (χ0n) is 14.7. The van der Waals surface area contributed by atoms with Crippen molar-refractivity contribution in [2.75, 3.05) is 12.9 Å². The molecule has 0 unspecified atom stereocenters. The number of methoxy groups -OCH3 is 1. The first kappa shape index (κ1) is 17.4. The highest BCUT2D eigenvalue weighted by Crippen LogP contribution is 2.34. The van der Waals surface area contributed by atoms with Crippen LogP contribution in [0.4, 0.5) is 0 Å². The molecule has 3 aromatic rings. The van der Waals surface area contributed by atoms with E-state index in [4.69, 9.17) is 4.74 Å². The largest absolute Gasteiger partial charge is 0.497 e. The normalized spacial score (nSPS) is 11.7. The second kappa shape index (κ2) is 7.62. The molecule has 0 saturated heterocycles. The zero-order chi connectivity index (χ0) is 17.8. The number of aromatic nitrogens is 1. The maximum Gasteiger partial charge on any atom is 0.186 e. The fourth-order valence-electron chi connectivity index (χ4n) is 2.85. The van der Waals surface area contributed by atoms with Gasteiger partial charge in [0.15, 0.2) is 5.78 Å². The lowest BCUT2D eigenvalue weighted by Crippen LogP contribution is -1.96. The predicted octanol–water partition coefficient (Wildman–Crippen LogP) is 5.16. The number of ketones is 1. The van der Waals surface area contributed by atoms with Crippen molar-refractivity contribution in [3.05, 3.63) is 71.9 Å². The summed E-state index contributed by atoms with van der Waals surface area (Å²) in [5.74, 6) is 1.66. The summed E-state index contributed by atoms with van der Waals surface area (Å²) >= 11 is 1.69. The number of carbonyl (C=O) groups is 1. The maximum absolute atomic E-state index is 12.7. The third-order valence-electron chi connectivity index (χ3n) is 4.10. The number of hydrogen-bond acceptors (Lipinski definition) is 3. The molecule has 3 nitrogen and oxygen atoms in total. The molecule has 4 heteroatoms. The second-order valence-corrected chi connectivity index (χ2v) is 7.01. The highest BCUT2D eigenvalue weighted by molar-refractivity contribution is 8.08. The second-order valence-electron chi connectivity index (χ2n) is 5.71. The summed E-state index contributed by atoms with van der Waals surface area (Å²) in [6.07, 6.45) is 3.85. The van der Waals surface area contributed by atoms with E-state index in [1.165, 1.54) is 5.39 Å². The highest BCUT2D eigenvalue weighted by Gasteiger charge is 2.13. The molecule has 0 amide bonds. The summed E-state index contributed by atoms with van der Waals surface area (Å²) in [7, 11) is 3.65. The molecule has 0 spiro atoms. The molecular formula is C21H21NO2S. The minimum Gasteiger partial charge on any atom is -0.497 e. The average molecular weight is 351 g/mol. The Morgan fingerprint density at radius 3 is 2.56 bits per heavy atom. The molecular weight excluding hydrogens is 330 g/mol. The van der Waals surface area contributed by atoms with Gasteiger partial charge in [-0.25, -0.2) is 0 Å². The van der Waals surface area contributed by atoms with Gasteiger partial charge in [-0.1, -0.05) is 25.1 Å². The number of thioether (sulfide) groups is 1. The Hall–Kier alpha value is -2.46. The number of ether oxygens (including phenoxy) is 1. The van der Waals surface area contributed by atoms with Crippen molar-refractivity contribution in [1.29, 1.82) is 0 Å². The van der Waals surface area contributed by atoms with Gasteiger partial charge in [-0.05, 0) is 36.1 Å². The predicted molar refractivity (Wildman–Crippen MR) is 106 cm³/mol. The fourth-order valence-corrected chi connectivity index (χ4v) is 3.67. The zero-order valence-corrected chi connectivity index (χ0v) is 15.5. The minimum absolute atomic E-state index is 0.00605. The summed E-state index contributed by atoms with van der Waals surface area (Å²) < 4.78 is 7.26. The van der Waals surface area contributed by atoms with Gasteiger partial charge in [0.05, 0.1) is 7.11 Å². The van der Waals surface area contributed by atoms with E-state index in [1.807, 2.05) is 31.3 Å². The van der Waals surface area contributed by atoms with E-state index < -0.39 is 0 Å². The molecule has 0 atom stereocenters. The van der Waals surface area contributed by atoms with Crippen LogP contribution in [0.2, 0.25) is 0 Å². The van der Waals surface area contributed by atoms with Gasteiger partial charge >= 0.3 is 0 Å². The first-order valence-corrected chi connectivity index (χ1v) is 9.20. The summed E-state index contributed by atoms with van der Waals surface area (Å²) in [6, 6.07) is 15.5. The van der Waals surface area contributed by atoms with Crippen LogP contribution < -0.4 is 4.74 Å². The Morgan fingerprint density at radius 1 is 1.16 bits per heavy atom. The monoisotopic (exact) mass is 351 g/mol. The van der Waals surface area contributed by atoms with Crippen LogP contribution in [-0.4, -0.2) is 23.2 Å². The van der Waals surface area contributed by atoms with Crippen molar-refractivity contribution in [2.24, 2.45) is 7.05 Å². The van der Waals surface area contributed by atoms with E-state index in [9.17, 15) is 4.79 Å². The lowest BCUT2D eigenvalue weighted by Gasteiger charge is -2.06. The molecule has 3 rings (SSSR count). The number of hydrogen-bond donors (Lipinski definition) is 0. The van der Waals surface area contributed by atoms with Crippen LogP contribution in [-0.2, 0) is 7.05 Å². The molecule has 0 saturated carbocycles. The van der Waals surface area contributed by atoms with Crippen molar-refractivity contribution in [3.8, 4) is 5.75 Å². The standard InChI is InChI=1S/C21H21NO2S/c1-4-25-21(13-20(23)15-9-11-16(24-3)12-10-15)18-14-22(2)19-8-6-5-7-17(18)19/h5-14H,4H2,1-3H3. The molecule has 0 bridgehead atoms. The number of benzene rings is 2. The number of carbonyl (C=O) groups excluding carboxylic acids is 1. The third-order valence-corrected chi connectivity index (χ3v) is 5.04. The maximum atomic E-state index is 12.7. The Kier molecular flexibility index (Phi) is 5.29. The quantitative estimate of drug-likeness (QED) is 0.454. The van der Waals surface area contributed by atoms with E-state index in [0.29, 0.717) is 5.56 Å². The van der Waals surface area contributed by atoms with Crippen molar-refractivity contribution in [2.45, 2.75) is 6.92 Å². The van der Waals surface area contributed by atoms with Crippen LogP contribution in [0.15, 0.2) is 60.8 Å². The van der Waals surface area contributed by atoms with Crippen molar-refractivity contribution in [3.63, 3.8) is 0 Å². The number of rotatable bonds is 6. The van der Waals surface area contributed by atoms with Crippen LogP contribution in [0.25, 0.3) is 15.8 Å². The van der Waals surface area contributed by atoms with E-state index in [2.05, 4.69) is 29.8 Å². The molecule has 2 aromatic carbocycles. The summed E-state index contributed by atoms with van der Waals surface area (Å²) in [5, 5.41) is 1.17. The minimum atomic E-state index is 0.00605. The Morgan fingerprint density at radius 2 is 1.88 bits per heavy atom. The highest BCUT2D eigenvalue weighted by atomic mass is 32.2. The molecule has 0 N–H and O–H groups in total. The lowest BCUT2D eigenvalue weighted by molar-refractivity contribution is 0.104. The van der Waals surface area contributed by atoms with E-state index in [1.54, 1.807) is 37.1 Å². The fraction of sp³-hybridized carbons (Fsp3) is 0.190. The SMILES string of the molecule is CCSC(=CC(=O)c1ccc(OC)cc1)c1cn(C)c2ccccc12. The first-order chi connectivity index (χ1) is 12.1. The summed E-state index contributed by atoms with van der Waals surface area (Å²) in [4.78, 5) is 13.7. The summed E-state index contributed by atoms with van der Waals surface area (Å²) in [5.41, 5.74) is 2.93. The lowest BCUT2D eigenvalue weighted by atomic mass is 10.1. The Balaban J connectivity index is 2.01. The van der Waals surface area contributed by atoms with Crippen LogP contribution in [0.3, 0.4) is 0 Å². The smallest absolute Gasteiger partial charge is 0.186 e. The molecule has 1 heterocycles. The van der Waals surface area contributed by atoms with Gasteiger partial charge in [0.25, 0.3) is 0 Å². The molecule has 0 fully saturated rings. The molecule has 0 aliphatic heterocycles. The molecule has 0 aliphatic rings. The number of para-hydroxylation sites is 1. The van der Waals surface area contributed by atoms with E-state index in [0.717, 1.165) is 27.5 Å². The Bertz CT molecular complexity index is 923. The van der Waals surface area contributed by atoms with Crippen LogP contribution in [0.1, 0.15) is 22.8 Å². The van der Waals surface area contributed by atoms with E-state index >= 15 is 0 Å². The van der Waals surface area contributed by atoms with Gasteiger partial charge in [0.2, 0.25) is 0 Å². The van der Waals surface area contributed by atoms with Gasteiger partial charge in [-0.2, -0.15) is 0 Å². The number of fused-ring (bicyclic) bond motifs is 1. The van der Waals surface area contributed by atoms with Crippen LogP contribution in [0.5, 0.6) is 5.75 Å². The van der Waals surface area contributed by atoms with Gasteiger partial charge in [0.1, 0.15) is 5.75 Å². The van der Waals surface area contributed by atoms with Gasteiger partial charge in [-0.3, -0.25) is 4.79 Å². The van der Waals surface area contributed by atoms with Gasteiger partial charge in [-0.15, -0.1) is 11.8 Å². The first-order valence-electron chi connectivity index (χ1n) is 8.21. The third kappa shape index (κ3) is 3.64. The average Bonchev–Trinajstić information content (AvgIpc) is 2.98. The molecule has 128 valence electrons. The number of nitrogens with zero attached hydrogens (tertiary/aromatic N) is 1. The topological polar surface area (TPSA) is 31.2 Å². The molecule has 0 radical (unpaired) electrons. The number of allylic oxidation sites excluding steroid dienone is 1. The van der Waals surface area contributed by atoms with Gasteiger partial charge in [0, 0.05) is 46.3 Å². The molecule has 1 aromatic heterocycles. The summed E-state index contributed by atoms with van der Waals surface area (Å²) in [6.45, 7) is 2.10. The van der Waals surface area contributed by atoms with Crippen molar-refractivity contribution < 1.29 is 9.53 Å². The van der Waals surface area contributed by atoms with Gasteiger partial charge < -0.3 is 9.30 Å². The van der Waals surface area contributed by atoms with Crippen molar-refractivity contribution >= 4 is 33.4 Å².